The first-order chi connectivity index (χ1) is 9.58. The van der Waals surface area contributed by atoms with Crippen LogP contribution >= 0.6 is 0 Å². The smallest absolute Gasteiger partial charge is 0.256 e. The van der Waals surface area contributed by atoms with Crippen LogP contribution in [0, 0.1) is 26.7 Å². The van der Waals surface area contributed by atoms with Crippen LogP contribution in [0.5, 0.6) is 0 Å². The SMILES string of the molecule is Cc1cc(C)c(N2N=C3CCCCCC3C2=O)c(C)c1. The number of carbonyl (C=O) groups is 1. The minimum atomic E-state index is 0.0394. The molecule has 1 unspecified atom stereocenters. The van der Waals surface area contributed by atoms with Crippen molar-refractivity contribution in [3.05, 3.63) is 28.8 Å². The number of rotatable bonds is 1. The van der Waals surface area contributed by atoms with Gasteiger partial charge in [0.2, 0.25) is 0 Å². The zero-order valence-electron chi connectivity index (χ0n) is 12.6. The molecule has 3 nitrogen and oxygen atoms in total. The largest absolute Gasteiger partial charge is 0.272 e. The summed E-state index contributed by atoms with van der Waals surface area (Å²) in [6.45, 7) is 6.22. The van der Waals surface area contributed by atoms with Crippen molar-refractivity contribution in [3.8, 4) is 0 Å². The van der Waals surface area contributed by atoms with Crippen LogP contribution < -0.4 is 5.01 Å². The first kappa shape index (κ1) is 13.3. The highest BCUT2D eigenvalue weighted by Gasteiger charge is 2.37. The first-order valence-corrected chi connectivity index (χ1v) is 7.57. The molecule has 0 spiro atoms. The molecule has 1 saturated carbocycles. The Morgan fingerprint density at radius 3 is 2.50 bits per heavy atom. The molecule has 1 aliphatic heterocycles. The Balaban J connectivity index is 2.02. The van der Waals surface area contributed by atoms with Gasteiger partial charge in [0.25, 0.3) is 5.91 Å². The van der Waals surface area contributed by atoms with Crippen molar-refractivity contribution in [1.29, 1.82) is 0 Å². The van der Waals surface area contributed by atoms with Crippen LogP contribution in [0.3, 0.4) is 0 Å². The lowest BCUT2D eigenvalue weighted by molar-refractivity contribution is -0.119. The average molecular weight is 270 g/mol. The van der Waals surface area contributed by atoms with Gasteiger partial charge < -0.3 is 0 Å². The van der Waals surface area contributed by atoms with Gasteiger partial charge in [0, 0.05) is 0 Å². The summed E-state index contributed by atoms with van der Waals surface area (Å²) in [5, 5.41) is 6.35. The lowest BCUT2D eigenvalue weighted by Gasteiger charge is -2.19. The topological polar surface area (TPSA) is 32.7 Å². The molecule has 20 heavy (non-hydrogen) atoms. The van der Waals surface area contributed by atoms with Crippen LogP contribution in [-0.2, 0) is 4.79 Å². The minimum absolute atomic E-state index is 0.0394. The number of hydrogen-bond donors (Lipinski definition) is 0. The van der Waals surface area contributed by atoms with Gasteiger partial charge in [0.05, 0.1) is 17.3 Å². The molecular formula is C17H22N2O. The highest BCUT2D eigenvalue weighted by Crippen LogP contribution is 2.34. The predicted octanol–water partition coefficient (Wildman–Crippen LogP) is 3.89. The van der Waals surface area contributed by atoms with Crippen LogP contribution in [0.15, 0.2) is 17.2 Å². The summed E-state index contributed by atoms with van der Waals surface area (Å²) in [5.41, 5.74) is 5.60. The molecule has 1 aliphatic carbocycles. The van der Waals surface area contributed by atoms with E-state index in [1.807, 2.05) is 0 Å². The number of fused-ring (bicyclic) bond motifs is 1. The molecule has 0 N–H and O–H groups in total. The van der Waals surface area contributed by atoms with E-state index in [4.69, 9.17) is 0 Å². The normalized spacial score (nSPS) is 22.6. The molecule has 0 aromatic heterocycles. The van der Waals surface area contributed by atoms with Gasteiger partial charge in [-0.2, -0.15) is 10.1 Å². The number of amides is 1. The number of anilines is 1. The molecule has 0 bridgehead atoms. The first-order valence-electron chi connectivity index (χ1n) is 7.57. The average Bonchev–Trinajstić information content (AvgIpc) is 2.57. The molecule has 1 heterocycles. The van der Waals surface area contributed by atoms with E-state index >= 15 is 0 Å². The second-order valence-electron chi connectivity index (χ2n) is 6.14. The van der Waals surface area contributed by atoms with Crippen molar-refractivity contribution in [3.63, 3.8) is 0 Å². The Morgan fingerprint density at radius 2 is 1.80 bits per heavy atom. The summed E-state index contributed by atoms with van der Waals surface area (Å²) in [6.07, 6.45) is 5.50. The summed E-state index contributed by atoms with van der Waals surface area (Å²) < 4.78 is 0. The summed E-state index contributed by atoms with van der Waals surface area (Å²) in [5.74, 6) is 0.217. The summed E-state index contributed by atoms with van der Waals surface area (Å²) in [4.78, 5) is 12.7. The van der Waals surface area contributed by atoms with Gasteiger partial charge in [0.15, 0.2) is 0 Å². The number of carbonyl (C=O) groups excluding carboxylic acids is 1. The quantitative estimate of drug-likeness (QED) is 0.762. The van der Waals surface area contributed by atoms with Gasteiger partial charge in [-0.3, -0.25) is 4.79 Å². The fourth-order valence-corrected chi connectivity index (χ4v) is 3.55. The van der Waals surface area contributed by atoms with Gasteiger partial charge >= 0.3 is 0 Å². The second-order valence-corrected chi connectivity index (χ2v) is 6.14. The van der Waals surface area contributed by atoms with E-state index in [9.17, 15) is 4.79 Å². The highest BCUT2D eigenvalue weighted by atomic mass is 16.2. The number of hydrogen-bond acceptors (Lipinski definition) is 2. The lowest BCUT2D eigenvalue weighted by atomic mass is 9.98. The molecule has 2 aliphatic rings. The molecule has 1 aromatic rings. The van der Waals surface area contributed by atoms with E-state index in [-0.39, 0.29) is 11.8 Å². The molecule has 0 radical (unpaired) electrons. The van der Waals surface area contributed by atoms with Crippen molar-refractivity contribution in [2.75, 3.05) is 5.01 Å². The van der Waals surface area contributed by atoms with E-state index in [1.165, 1.54) is 18.4 Å². The van der Waals surface area contributed by atoms with E-state index < -0.39 is 0 Å². The number of aryl methyl sites for hydroxylation is 3. The highest BCUT2D eigenvalue weighted by molar-refractivity contribution is 6.16. The molecule has 1 atom stereocenters. The van der Waals surface area contributed by atoms with Crippen LogP contribution in [0.2, 0.25) is 0 Å². The Bertz CT molecular complexity index is 566. The zero-order chi connectivity index (χ0) is 14.3. The van der Waals surface area contributed by atoms with E-state index in [0.717, 1.165) is 41.8 Å². The molecule has 0 saturated heterocycles. The molecule has 1 aromatic carbocycles. The summed E-state index contributed by atoms with van der Waals surface area (Å²) >= 11 is 0. The summed E-state index contributed by atoms with van der Waals surface area (Å²) in [6, 6.07) is 4.26. The fraction of sp³-hybridized carbons (Fsp3) is 0.529. The monoisotopic (exact) mass is 270 g/mol. The number of nitrogens with zero attached hydrogens (tertiary/aromatic N) is 2. The maximum atomic E-state index is 12.7. The van der Waals surface area contributed by atoms with Crippen LogP contribution in [0.1, 0.15) is 48.8 Å². The standard InChI is InChI=1S/C17H22N2O/c1-11-9-12(2)16(13(3)10-11)19-17(20)14-7-5-4-6-8-15(14)18-19/h9-10,14H,4-8H2,1-3H3. The van der Waals surface area contributed by atoms with E-state index in [1.54, 1.807) is 5.01 Å². The second kappa shape index (κ2) is 5.04. The third kappa shape index (κ3) is 2.15. The Morgan fingerprint density at radius 1 is 1.10 bits per heavy atom. The number of benzene rings is 1. The van der Waals surface area contributed by atoms with Gasteiger partial charge in [-0.05, 0) is 51.2 Å². The maximum absolute atomic E-state index is 12.7. The van der Waals surface area contributed by atoms with E-state index in [0.29, 0.717) is 0 Å². The van der Waals surface area contributed by atoms with Crippen molar-refractivity contribution in [2.24, 2.45) is 11.0 Å². The van der Waals surface area contributed by atoms with Crippen LogP contribution in [0.4, 0.5) is 5.69 Å². The Labute approximate surface area is 120 Å². The minimum Gasteiger partial charge on any atom is -0.272 e. The van der Waals surface area contributed by atoms with Crippen LogP contribution in [-0.4, -0.2) is 11.6 Å². The Hall–Kier alpha value is -1.64. The third-order valence-electron chi connectivity index (χ3n) is 4.41. The van der Waals surface area contributed by atoms with E-state index in [2.05, 4.69) is 38.0 Å². The Kier molecular flexibility index (Phi) is 3.36. The zero-order valence-corrected chi connectivity index (χ0v) is 12.6. The van der Waals surface area contributed by atoms with Gasteiger partial charge in [-0.25, -0.2) is 0 Å². The van der Waals surface area contributed by atoms with Gasteiger partial charge in [-0.1, -0.05) is 30.5 Å². The third-order valence-corrected chi connectivity index (χ3v) is 4.41. The molecule has 3 rings (SSSR count). The number of hydrazone groups is 1. The maximum Gasteiger partial charge on any atom is 0.256 e. The lowest BCUT2D eigenvalue weighted by Crippen LogP contribution is -2.28. The summed E-state index contributed by atoms with van der Waals surface area (Å²) in [7, 11) is 0. The van der Waals surface area contributed by atoms with Crippen molar-refractivity contribution < 1.29 is 4.79 Å². The molecule has 3 heteroatoms. The fourth-order valence-electron chi connectivity index (χ4n) is 3.55. The van der Waals surface area contributed by atoms with Crippen molar-refractivity contribution in [2.45, 2.75) is 52.9 Å². The predicted molar refractivity (Wildman–Crippen MR) is 82.1 cm³/mol. The molecule has 1 fully saturated rings. The molecular weight excluding hydrogens is 248 g/mol. The van der Waals surface area contributed by atoms with Gasteiger partial charge in [-0.15, -0.1) is 0 Å². The molecule has 1 amide bonds. The van der Waals surface area contributed by atoms with Crippen LogP contribution in [0.25, 0.3) is 0 Å². The van der Waals surface area contributed by atoms with Gasteiger partial charge in [0.1, 0.15) is 0 Å². The molecule has 106 valence electrons. The van der Waals surface area contributed by atoms with Crippen molar-refractivity contribution >= 4 is 17.3 Å². The van der Waals surface area contributed by atoms with Crippen molar-refractivity contribution in [1.82, 2.24) is 0 Å².